The molecule has 358 valence electrons. The van der Waals surface area contributed by atoms with Crippen molar-refractivity contribution >= 4 is 47.0 Å². The predicted molar refractivity (Wildman–Crippen MR) is 230 cm³/mol. The Kier molecular flexibility index (Phi) is 14.2. The van der Waals surface area contributed by atoms with E-state index in [9.17, 15) is 49.2 Å². The molecule has 8 rings (SSSR count). The molecule has 66 heavy (non-hydrogen) atoms. The third kappa shape index (κ3) is 9.22. The average molecular weight is 942 g/mol. The Morgan fingerprint density at radius 1 is 0.970 bits per heavy atom. The number of fused-ring (bicyclic) bond motifs is 6. The molecular formula is C44H55N5O16S. The van der Waals surface area contributed by atoms with E-state index in [1.807, 2.05) is 0 Å². The summed E-state index contributed by atoms with van der Waals surface area (Å²) < 4.78 is 35.8. The molecule has 21 nitrogen and oxygen atoms in total. The molecule has 4 heterocycles. The minimum absolute atomic E-state index is 0.0765. The van der Waals surface area contributed by atoms with Crippen molar-refractivity contribution in [3.63, 3.8) is 0 Å². The van der Waals surface area contributed by atoms with E-state index in [0.29, 0.717) is 52.2 Å². The second-order valence-corrected chi connectivity index (χ2v) is 18.4. The van der Waals surface area contributed by atoms with Gasteiger partial charge in [0.25, 0.3) is 5.91 Å². The molecule has 8 atom stereocenters. The molecule has 0 saturated carbocycles. The van der Waals surface area contributed by atoms with Crippen LogP contribution in [-0.4, -0.2) is 173 Å². The Morgan fingerprint density at radius 3 is 2.45 bits per heavy atom. The first-order valence-electron chi connectivity index (χ1n) is 22.0. The second-order valence-electron chi connectivity index (χ2n) is 17.3. The Balaban J connectivity index is 0.951. The number of nitrogens with one attached hydrogen (secondary N) is 3. The van der Waals surface area contributed by atoms with Crippen LogP contribution in [0.3, 0.4) is 0 Å². The highest BCUT2D eigenvalue weighted by molar-refractivity contribution is 7.99. The normalized spacial score (nSPS) is 28.6. The van der Waals surface area contributed by atoms with Crippen LogP contribution in [0, 0.1) is 5.92 Å². The number of hydrogen-bond donors (Lipinski definition) is 7. The van der Waals surface area contributed by atoms with Crippen LogP contribution in [0.15, 0.2) is 18.2 Å². The van der Waals surface area contributed by atoms with E-state index >= 15 is 0 Å². The number of likely N-dealkylation sites (tertiary alicyclic amines) is 1. The monoisotopic (exact) mass is 941 g/mol. The average Bonchev–Trinajstić information content (AvgIpc) is 3.69. The quantitative estimate of drug-likeness (QED) is 0.0652. The number of thioether (sulfide) groups is 1. The van der Waals surface area contributed by atoms with Crippen molar-refractivity contribution in [2.24, 2.45) is 5.92 Å². The van der Waals surface area contributed by atoms with E-state index in [2.05, 4.69) is 26.0 Å². The molecule has 4 fully saturated rings. The van der Waals surface area contributed by atoms with Crippen LogP contribution in [0.5, 0.6) is 17.2 Å². The fourth-order valence-corrected chi connectivity index (χ4v) is 10.7. The number of aliphatic carboxylic acids is 1. The minimum atomic E-state index is -2.43. The second kappa shape index (κ2) is 19.7. The van der Waals surface area contributed by atoms with Crippen molar-refractivity contribution < 1.29 is 77.6 Å². The van der Waals surface area contributed by atoms with E-state index in [0.717, 1.165) is 0 Å². The highest BCUT2D eigenvalue weighted by Crippen LogP contribution is 2.53. The molecule has 22 heteroatoms. The van der Waals surface area contributed by atoms with Crippen molar-refractivity contribution in [1.82, 2.24) is 26.0 Å². The summed E-state index contributed by atoms with van der Waals surface area (Å²) in [6.07, 6.45) is -4.52. The lowest BCUT2D eigenvalue weighted by Gasteiger charge is -2.43. The largest absolute Gasteiger partial charge is 0.507 e. The molecule has 2 aromatic carbocycles. The fourth-order valence-electron chi connectivity index (χ4n) is 9.95. The van der Waals surface area contributed by atoms with Crippen molar-refractivity contribution in [2.45, 2.75) is 94.2 Å². The van der Waals surface area contributed by atoms with Gasteiger partial charge >= 0.3 is 5.97 Å². The maximum absolute atomic E-state index is 14.2. The van der Waals surface area contributed by atoms with Gasteiger partial charge in [-0.05, 0) is 38.9 Å². The Bertz CT molecular complexity index is 2260. The van der Waals surface area contributed by atoms with Gasteiger partial charge in [-0.15, -0.1) is 0 Å². The Labute approximate surface area is 383 Å². The zero-order valence-electron chi connectivity index (χ0n) is 36.7. The maximum atomic E-state index is 14.2. The van der Waals surface area contributed by atoms with Crippen molar-refractivity contribution in [3.8, 4) is 17.2 Å². The number of ether oxygens (including phenoxy) is 6. The molecule has 0 radical (unpaired) electrons. The fraction of sp³-hybridized carbons (Fsp3) is 0.591. The summed E-state index contributed by atoms with van der Waals surface area (Å²) in [5, 5.41) is 48.1. The molecule has 3 amide bonds. The third-order valence-corrected chi connectivity index (χ3v) is 14.3. The summed E-state index contributed by atoms with van der Waals surface area (Å²) in [4.78, 5) is 82.8. The number of methoxy groups -OCH3 is 2. The molecule has 6 aliphatic rings. The molecule has 0 spiro atoms. The minimum Gasteiger partial charge on any atom is -0.507 e. The van der Waals surface area contributed by atoms with Gasteiger partial charge in [0.05, 0.1) is 54.3 Å². The van der Waals surface area contributed by atoms with E-state index in [1.165, 1.54) is 44.2 Å². The van der Waals surface area contributed by atoms with Crippen LogP contribution < -0.4 is 20.9 Å². The number of nitrogens with zero attached hydrogens (tertiary/aromatic N) is 2. The maximum Gasteiger partial charge on any atom is 0.306 e. The molecule has 0 unspecified atom stereocenters. The van der Waals surface area contributed by atoms with Gasteiger partial charge in [0.1, 0.15) is 23.4 Å². The van der Waals surface area contributed by atoms with Crippen molar-refractivity contribution in [1.29, 1.82) is 0 Å². The van der Waals surface area contributed by atoms with Crippen LogP contribution in [-0.2, 0) is 49.3 Å². The number of carboxylic acids is 1. The van der Waals surface area contributed by atoms with Crippen LogP contribution in [0.4, 0.5) is 0 Å². The first-order valence-corrected chi connectivity index (χ1v) is 23.1. The number of carbonyl (C=O) groups excluding carboxylic acids is 5. The van der Waals surface area contributed by atoms with E-state index in [1.54, 1.807) is 6.92 Å². The number of aromatic hydroxyl groups is 2. The lowest BCUT2D eigenvalue weighted by atomic mass is 9.72. The number of piperidine rings is 1. The number of phenolic OH excluding ortho intramolecular Hbond substituents is 2. The number of amides is 3. The number of benzene rings is 2. The lowest BCUT2D eigenvalue weighted by Crippen LogP contribution is -2.57. The van der Waals surface area contributed by atoms with Crippen molar-refractivity contribution in [3.05, 3.63) is 51.6 Å². The summed E-state index contributed by atoms with van der Waals surface area (Å²) in [5.74, 6) is -5.71. The number of carbonyl (C=O) groups is 6. The molecule has 0 bridgehead atoms. The van der Waals surface area contributed by atoms with Crippen LogP contribution in [0.2, 0.25) is 0 Å². The first-order chi connectivity index (χ1) is 31.6. The standard InChI is InChI=1S/C44H55N5O16S/c1-21-39-25(49-14-15-62-42(61-3)40(49)65-39)17-30(63-21)64-27-19-44(59,18-24-32(27)38(55)34-33(36(24)53)35(52)23-5-4-6-26(60-2)31(23)37(34)54)43(58)47-46-28(50)9-16-66-20-29(51)45-10-13-48-11-7-22(8-12-48)41(56)57/h4-6,21-22,25,27,30,39-40,42,53,55,59H,7-20H2,1-3H3,(H,45,51)(H,46,50)(H,47,58)(H,56,57)/t21-,25-,27-,30-,39+,40+,42-,44-/m0/s1. The number of carboxylic acid groups (broad SMARTS) is 1. The van der Waals surface area contributed by atoms with Crippen LogP contribution >= 0.6 is 11.8 Å². The smallest absolute Gasteiger partial charge is 0.306 e. The van der Waals surface area contributed by atoms with Gasteiger partial charge in [-0.25, -0.2) is 0 Å². The van der Waals surface area contributed by atoms with Gasteiger partial charge in [-0.1, -0.05) is 12.1 Å². The predicted octanol–water partition coefficient (Wildman–Crippen LogP) is 0.333. The number of aliphatic hydroxyl groups is 1. The Hall–Kier alpha value is -4.91. The third-order valence-electron chi connectivity index (χ3n) is 13.3. The SMILES string of the molecule is COc1cccc2c1C(=O)c1c(O)c3c(c(O)c1C2=O)C[C@@](O)(C(=O)NNC(=O)CCSCC(=O)NCCN1CCC(C(=O)O)CC1)C[C@@H]3O[C@H]1C[C@H]2[C@H](O[C@@H]3[C@@H](OC)OCCN32)[C@H](C)O1. The van der Waals surface area contributed by atoms with Gasteiger partial charge in [0, 0.05) is 80.9 Å². The number of morpholine rings is 1. The van der Waals surface area contributed by atoms with Crippen LogP contribution in [0.25, 0.3) is 0 Å². The van der Waals surface area contributed by atoms with Crippen molar-refractivity contribution in [2.75, 3.05) is 65.1 Å². The highest BCUT2D eigenvalue weighted by Gasteiger charge is 2.55. The number of phenols is 2. The Morgan fingerprint density at radius 2 is 1.73 bits per heavy atom. The molecule has 7 N–H and O–H groups in total. The van der Waals surface area contributed by atoms with Gasteiger partial charge < -0.3 is 59.1 Å². The number of rotatable bonds is 14. The summed E-state index contributed by atoms with van der Waals surface area (Å²) in [7, 11) is 2.85. The van der Waals surface area contributed by atoms with Crippen LogP contribution in [0.1, 0.15) is 88.1 Å². The molecular weight excluding hydrogens is 887 g/mol. The van der Waals surface area contributed by atoms with Gasteiger partial charge in [-0.2, -0.15) is 11.8 Å². The number of hydrazine groups is 1. The summed E-state index contributed by atoms with van der Waals surface area (Å²) in [6, 6.07) is 4.13. The van der Waals surface area contributed by atoms with Gasteiger partial charge in [-0.3, -0.25) is 44.5 Å². The lowest BCUT2D eigenvalue weighted by molar-refractivity contribution is -0.256. The molecule has 4 saturated heterocycles. The molecule has 2 aliphatic carbocycles. The topological polar surface area (TPSA) is 281 Å². The van der Waals surface area contributed by atoms with E-state index < -0.39 is 108 Å². The zero-order chi connectivity index (χ0) is 47.0. The highest BCUT2D eigenvalue weighted by atomic mass is 32.2. The molecule has 2 aromatic rings. The zero-order valence-corrected chi connectivity index (χ0v) is 37.6. The summed E-state index contributed by atoms with van der Waals surface area (Å²) in [6.45, 7) is 4.99. The molecule has 4 aliphatic heterocycles. The number of hydrogen-bond acceptors (Lipinski definition) is 18. The first kappa shape index (κ1) is 47.6. The number of ketones is 2. The van der Waals surface area contributed by atoms with E-state index in [4.69, 9.17) is 28.4 Å². The molecule has 0 aromatic heterocycles. The van der Waals surface area contributed by atoms with Gasteiger partial charge in [0.15, 0.2) is 30.2 Å². The van der Waals surface area contributed by atoms with Gasteiger partial charge in [0.2, 0.25) is 17.6 Å². The summed E-state index contributed by atoms with van der Waals surface area (Å²) >= 11 is 1.20. The van der Waals surface area contributed by atoms with E-state index in [-0.39, 0.29) is 70.2 Å². The summed E-state index contributed by atoms with van der Waals surface area (Å²) in [5.41, 5.74) is 0.571.